The highest BCUT2D eigenvalue weighted by Crippen LogP contribution is 2.40. The van der Waals surface area contributed by atoms with Crippen LogP contribution in [0.3, 0.4) is 0 Å². The number of nitro groups is 3. The van der Waals surface area contributed by atoms with Crippen LogP contribution in [0.15, 0.2) is 46.0 Å². The van der Waals surface area contributed by atoms with E-state index in [1.807, 2.05) is 0 Å². The minimum Gasteiger partial charge on any atom is -0.493 e. The van der Waals surface area contributed by atoms with E-state index in [4.69, 9.17) is 9.47 Å². The summed E-state index contributed by atoms with van der Waals surface area (Å²) in [5.41, 5.74) is -4.53. The number of hydrogen-bond acceptors (Lipinski definition) is 10. The lowest BCUT2D eigenvalue weighted by molar-refractivity contribution is -0.394. The number of para-hydroxylation sites is 1. The maximum absolute atomic E-state index is 11.8. The van der Waals surface area contributed by atoms with Crippen LogP contribution in [0.25, 0.3) is 12.2 Å². The van der Waals surface area contributed by atoms with Gasteiger partial charge in [0.1, 0.15) is 5.69 Å². The molecule has 1 heterocycles. The van der Waals surface area contributed by atoms with Crippen LogP contribution in [-0.2, 0) is 0 Å². The molecule has 0 saturated carbocycles. The lowest BCUT2D eigenvalue weighted by Crippen LogP contribution is -2.25. The van der Waals surface area contributed by atoms with Crippen LogP contribution in [-0.4, -0.2) is 31.8 Å². The molecule has 0 unspecified atom stereocenters. The van der Waals surface area contributed by atoms with E-state index in [9.17, 15) is 39.9 Å². The van der Waals surface area contributed by atoms with Crippen molar-refractivity contribution in [2.75, 3.05) is 7.11 Å². The minimum atomic E-state index is -1.21. The molecule has 34 heavy (non-hydrogen) atoms. The summed E-state index contributed by atoms with van der Waals surface area (Å²) in [6.45, 7) is 0. The predicted octanol–water partition coefficient (Wildman–Crippen LogP) is 2.76. The van der Waals surface area contributed by atoms with Crippen LogP contribution in [0.1, 0.15) is 11.3 Å². The summed E-state index contributed by atoms with van der Waals surface area (Å²) >= 11 is 0. The normalized spacial score (nSPS) is 10.7. The summed E-state index contributed by atoms with van der Waals surface area (Å²) < 4.78 is 10.9. The van der Waals surface area contributed by atoms with Crippen LogP contribution < -0.4 is 20.7 Å². The molecule has 0 aliphatic heterocycles. The summed E-state index contributed by atoms with van der Waals surface area (Å²) in [7, 11) is 1.29. The molecule has 0 atom stereocenters. The Hall–Kier alpha value is -5.34. The molecule has 0 amide bonds. The fourth-order valence-electron chi connectivity index (χ4n) is 2.86. The average molecular weight is 471 g/mol. The Morgan fingerprint density at radius 1 is 0.882 bits per heavy atom. The Kier molecular flexibility index (Phi) is 6.47. The SMILES string of the molecule is COc1cccc(/C=C\c2[nH]c(=O)[nH]c(=O)c2[N+](=O)[O-])c1Oc1ccc([N+](=O)[O-])cc1[N+](=O)[O-]. The molecule has 3 aromatic rings. The van der Waals surface area contributed by atoms with Crippen molar-refractivity contribution in [1.82, 2.24) is 9.97 Å². The number of aromatic nitrogens is 2. The highest BCUT2D eigenvalue weighted by Gasteiger charge is 2.23. The van der Waals surface area contributed by atoms with Gasteiger partial charge in [-0.3, -0.25) is 40.1 Å². The fraction of sp³-hybridized carbons (Fsp3) is 0.0526. The molecule has 0 radical (unpaired) electrons. The minimum absolute atomic E-state index is 0.0759. The first-order valence-corrected chi connectivity index (χ1v) is 9.09. The van der Waals surface area contributed by atoms with Gasteiger partial charge in [-0.1, -0.05) is 12.1 Å². The third-order valence-electron chi connectivity index (χ3n) is 4.35. The smallest absolute Gasteiger partial charge is 0.357 e. The Morgan fingerprint density at radius 2 is 1.62 bits per heavy atom. The molecule has 1 aromatic heterocycles. The van der Waals surface area contributed by atoms with Gasteiger partial charge in [-0.2, -0.15) is 0 Å². The van der Waals surface area contributed by atoms with E-state index in [2.05, 4.69) is 4.98 Å². The van der Waals surface area contributed by atoms with Crippen molar-refractivity contribution in [3.05, 3.63) is 98.8 Å². The largest absolute Gasteiger partial charge is 0.493 e. The molecule has 0 spiro atoms. The van der Waals surface area contributed by atoms with E-state index < -0.39 is 48.8 Å². The maximum Gasteiger partial charge on any atom is 0.357 e. The van der Waals surface area contributed by atoms with Crippen LogP contribution in [0.4, 0.5) is 17.1 Å². The van der Waals surface area contributed by atoms with Crippen molar-refractivity contribution in [2.24, 2.45) is 0 Å². The van der Waals surface area contributed by atoms with Crippen LogP contribution in [0.5, 0.6) is 17.2 Å². The zero-order valence-electron chi connectivity index (χ0n) is 17.0. The van der Waals surface area contributed by atoms with E-state index in [0.29, 0.717) is 0 Å². The molecule has 0 bridgehead atoms. The third-order valence-corrected chi connectivity index (χ3v) is 4.35. The number of aromatic amines is 2. The molecule has 2 N–H and O–H groups in total. The molecular formula is C19H13N5O10. The second-order valence-electron chi connectivity index (χ2n) is 6.41. The van der Waals surface area contributed by atoms with E-state index >= 15 is 0 Å². The van der Waals surface area contributed by atoms with Gasteiger partial charge < -0.3 is 14.5 Å². The first kappa shape index (κ1) is 23.3. The standard InChI is InChI=1S/C19H13N5O10/c1-33-15-4-2-3-10(5-7-12-16(24(31)32)18(25)21-19(26)20-12)17(15)34-14-8-6-11(22(27)28)9-13(14)23(29)30/h2-9H,1H3,(H2,20,21,25,26)/b7-5-. The van der Waals surface area contributed by atoms with Crippen LogP contribution >= 0.6 is 0 Å². The number of hydrogen-bond donors (Lipinski definition) is 2. The van der Waals surface area contributed by atoms with Crippen molar-refractivity contribution in [3.63, 3.8) is 0 Å². The van der Waals surface area contributed by atoms with Gasteiger partial charge in [-0.15, -0.1) is 0 Å². The van der Waals surface area contributed by atoms with Crippen molar-refractivity contribution in [1.29, 1.82) is 0 Å². The lowest BCUT2D eigenvalue weighted by atomic mass is 10.1. The highest BCUT2D eigenvalue weighted by atomic mass is 16.6. The summed E-state index contributed by atoms with van der Waals surface area (Å²) in [6, 6.07) is 7.21. The Labute approximate surface area is 187 Å². The van der Waals surface area contributed by atoms with Gasteiger partial charge in [0.05, 0.1) is 27.9 Å². The van der Waals surface area contributed by atoms with Crippen molar-refractivity contribution in [2.45, 2.75) is 0 Å². The van der Waals surface area contributed by atoms with Gasteiger partial charge in [-0.05, 0) is 24.3 Å². The topological polar surface area (TPSA) is 214 Å². The second kappa shape index (κ2) is 9.43. The molecule has 15 heteroatoms. The monoisotopic (exact) mass is 471 g/mol. The zero-order chi connectivity index (χ0) is 25.0. The first-order valence-electron chi connectivity index (χ1n) is 9.09. The van der Waals surface area contributed by atoms with Gasteiger partial charge in [0.2, 0.25) is 5.75 Å². The van der Waals surface area contributed by atoms with Gasteiger partial charge in [0.15, 0.2) is 11.5 Å². The number of benzene rings is 2. The molecule has 0 fully saturated rings. The summed E-state index contributed by atoms with van der Waals surface area (Å²) in [5.74, 6) is -0.318. The van der Waals surface area contributed by atoms with Gasteiger partial charge in [0, 0.05) is 11.6 Å². The lowest BCUT2D eigenvalue weighted by Gasteiger charge is -2.13. The number of ether oxygens (including phenoxy) is 2. The van der Waals surface area contributed by atoms with Crippen LogP contribution in [0.2, 0.25) is 0 Å². The molecule has 174 valence electrons. The quantitative estimate of drug-likeness (QED) is 0.362. The summed E-state index contributed by atoms with van der Waals surface area (Å²) in [6.07, 6.45) is 2.31. The summed E-state index contributed by atoms with van der Waals surface area (Å²) in [5, 5.41) is 33.6. The first-order chi connectivity index (χ1) is 16.1. The van der Waals surface area contributed by atoms with E-state index in [1.54, 1.807) is 4.98 Å². The van der Waals surface area contributed by atoms with E-state index in [1.165, 1.54) is 31.4 Å². The van der Waals surface area contributed by atoms with E-state index in [-0.39, 0.29) is 22.8 Å². The number of methoxy groups -OCH3 is 1. The van der Waals surface area contributed by atoms with Crippen molar-refractivity contribution >= 4 is 29.2 Å². The summed E-state index contributed by atoms with van der Waals surface area (Å²) in [4.78, 5) is 58.2. The molecule has 0 aliphatic carbocycles. The van der Waals surface area contributed by atoms with Gasteiger partial charge >= 0.3 is 22.6 Å². The van der Waals surface area contributed by atoms with Gasteiger partial charge in [0.25, 0.3) is 5.69 Å². The number of rotatable bonds is 8. The fourth-order valence-corrected chi connectivity index (χ4v) is 2.86. The molecular weight excluding hydrogens is 458 g/mol. The Balaban J connectivity index is 2.13. The number of nitrogens with one attached hydrogen (secondary N) is 2. The average Bonchev–Trinajstić information content (AvgIpc) is 2.77. The predicted molar refractivity (Wildman–Crippen MR) is 116 cm³/mol. The van der Waals surface area contributed by atoms with Crippen molar-refractivity contribution in [3.8, 4) is 17.2 Å². The third kappa shape index (κ3) is 4.77. The molecule has 2 aromatic carbocycles. The molecule has 0 aliphatic rings. The van der Waals surface area contributed by atoms with Gasteiger partial charge in [-0.25, -0.2) is 4.79 Å². The molecule has 0 saturated heterocycles. The number of H-pyrrole nitrogens is 2. The zero-order valence-corrected chi connectivity index (χ0v) is 17.0. The van der Waals surface area contributed by atoms with E-state index in [0.717, 1.165) is 24.3 Å². The Morgan fingerprint density at radius 3 is 2.24 bits per heavy atom. The number of nitrogens with zero attached hydrogens (tertiary/aromatic N) is 3. The number of non-ortho nitro benzene ring substituents is 1. The molecule has 3 rings (SSSR count). The number of nitro benzene ring substituents is 2. The van der Waals surface area contributed by atoms with Crippen molar-refractivity contribution < 1.29 is 24.2 Å². The molecule has 15 nitrogen and oxygen atoms in total. The van der Waals surface area contributed by atoms with Crippen LogP contribution in [0, 0.1) is 30.3 Å². The Bertz CT molecular complexity index is 1460. The maximum atomic E-state index is 11.8. The highest BCUT2D eigenvalue weighted by molar-refractivity contribution is 5.76. The second-order valence-corrected chi connectivity index (χ2v) is 6.41.